The van der Waals surface area contributed by atoms with Crippen molar-refractivity contribution in [2.75, 3.05) is 56.2 Å². The third-order valence-corrected chi connectivity index (χ3v) is 7.98. The maximum Gasteiger partial charge on any atom is 0.241 e. The van der Waals surface area contributed by atoms with E-state index in [1.807, 2.05) is 67.5 Å². The third kappa shape index (κ3) is 7.74. The highest BCUT2D eigenvalue weighted by Gasteiger charge is 2.31. The smallest absolute Gasteiger partial charge is 0.241 e. The van der Waals surface area contributed by atoms with Crippen LogP contribution in [0.4, 0.5) is 11.4 Å². The molecular weight excluding hydrogens is 555 g/mol. The number of nitrogens with zero attached hydrogens (tertiary/aromatic N) is 3. The van der Waals surface area contributed by atoms with Gasteiger partial charge in [0.1, 0.15) is 0 Å². The fourth-order valence-corrected chi connectivity index (χ4v) is 5.81. The summed E-state index contributed by atoms with van der Waals surface area (Å²) >= 11 is 12.6. The van der Waals surface area contributed by atoms with Gasteiger partial charge >= 0.3 is 0 Å². The Balaban J connectivity index is 1.88. The van der Waals surface area contributed by atoms with Gasteiger partial charge in [-0.25, -0.2) is 8.42 Å². The molecule has 4 rings (SSSR count). The molecule has 0 spiro atoms. The molecule has 1 aliphatic rings. The average Bonchev–Trinajstić information content (AvgIpc) is 3.38. The van der Waals surface area contributed by atoms with Crippen molar-refractivity contribution >= 4 is 50.5 Å². The van der Waals surface area contributed by atoms with Gasteiger partial charge in [0.15, 0.2) is 0 Å². The second-order valence-electron chi connectivity index (χ2n) is 10.2. The summed E-state index contributed by atoms with van der Waals surface area (Å²) in [7, 11) is 0.133. The summed E-state index contributed by atoms with van der Waals surface area (Å²) in [6.45, 7) is 2.64. The summed E-state index contributed by atoms with van der Waals surface area (Å²) in [5, 5.41) is 0.763. The molecule has 1 N–H and O–H groups in total. The van der Waals surface area contributed by atoms with Gasteiger partial charge in [-0.1, -0.05) is 65.7 Å². The molecule has 1 saturated heterocycles. The first kappa shape index (κ1) is 29.4. The number of anilines is 2. The molecule has 1 atom stereocenters. The molecule has 0 aliphatic carbocycles. The molecule has 0 radical (unpaired) electrons. The minimum atomic E-state index is -3.57. The molecule has 0 aromatic heterocycles. The molecule has 7 nitrogen and oxygen atoms in total. The monoisotopic (exact) mass is 588 g/mol. The minimum Gasteiger partial charge on any atom is -0.302 e. The molecule has 208 valence electrons. The molecule has 10 heteroatoms. The van der Waals surface area contributed by atoms with Crippen LogP contribution in [0, 0.1) is 0 Å². The van der Waals surface area contributed by atoms with Crippen LogP contribution in [0.15, 0.2) is 66.7 Å². The van der Waals surface area contributed by atoms with Gasteiger partial charge in [-0.15, -0.1) is 0 Å². The Morgan fingerprint density at radius 3 is 2.28 bits per heavy atom. The zero-order valence-corrected chi connectivity index (χ0v) is 24.7. The Morgan fingerprint density at radius 1 is 0.974 bits per heavy atom. The van der Waals surface area contributed by atoms with E-state index in [9.17, 15) is 13.2 Å². The number of likely N-dealkylation sites (N-methyl/N-ethyl adjacent to an activating group) is 1. The van der Waals surface area contributed by atoms with Crippen molar-refractivity contribution in [2.24, 2.45) is 0 Å². The summed E-state index contributed by atoms with van der Waals surface area (Å²) in [6.07, 6.45) is 3.33. The van der Waals surface area contributed by atoms with Crippen molar-refractivity contribution in [3.05, 3.63) is 82.3 Å². The van der Waals surface area contributed by atoms with E-state index in [0.29, 0.717) is 28.0 Å². The van der Waals surface area contributed by atoms with E-state index in [2.05, 4.69) is 9.62 Å². The van der Waals surface area contributed by atoms with E-state index < -0.39 is 16.1 Å². The number of carbonyl (C=O) groups is 1. The van der Waals surface area contributed by atoms with Crippen molar-refractivity contribution in [1.29, 1.82) is 0 Å². The molecule has 1 amide bonds. The Bertz CT molecular complexity index is 1410. The molecule has 3 aromatic rings. The van der Waals surface area contributed by atoms with Crippen LogP contribution in [-0.4, -0.2) is 70.7 Å². The molecule has 0 saturated carbocycles. The Morgan fingerprint density at radius 2 is 1.67 bits per heavy atom. The lowest BCUT2D eigenvalue weighted by molar-refractivity contribution is -0.119. The quantitative estimate of drug-likeness (QED) is 0.326. The lowest BCUT2D eigenvalue weighted by Gasteiger charge is -2.36. The number of amides is 1. The Labute approximate surface area is 241 Å². The number of likely N-dealkylation sites (tertiary alicyclic amines) is 1. The molecule has 1 aliphatic heterocycles. The first-order valence-corrected chi connectivity index (χ1v) is 15.5. The van der Waals surface area contributed by atoms with Gasteiger partial charge in [0.2, 0.25) is 15.9 Å². The average molecular weight is 590 g/mol. The van der Waals surface area contributed by atoms with Crippen molar-refractivity contribution < 1.29 is 13.2 Å². The first-order valence-electron chi connectivity index (χ1n) is 12.8. The number of benzene rings is 3. The normalized spacial score (nSPS) is 14.9. The van der Waals surface area contributed by atoms with E-state index >= 15 is 0 Å². The lowest BCUT2D eigenvalue weighted by atomic mass is 9.97. The number of rotatable bonds is 10. The maximum absolute atomic E-state index is 13.8. The van der Waals surface area contributed by atoms with Crippen LogP contribution in [0.5, 0.6) is 0 Å². The van der Waals surface area contributed by atoms with Crippen molar-refractivity contribution in [2.45, 2.75) is 18.9 Å². The standard InChI is InChI=1S/C29H34Cl2N4O3S/c1-33(2)20-29(36)35(23-12-14-25(30)26(31)18-23)28(19-34-15-7-8-16-34)22-11-13-24(21-9-5-4-6-10-21)27(17-22)32-39(3,37)38/h4-6,9-14,17-18,28,32H,7-8,15-16,19-20H2,1-3H3. The predicted molar refractivity (Wildman–Crippen MR) is 161 cm³/mol. The van der Waals surface area contributed by atoms with Crippen LogP contribution in [0.1, 0.15) is 24.4 Å². The van der Waals surface area contributed by atoms with Crippen LogP contribution < -0.4 is 9.62 Å². The summed E-state index contributed by atoms with van der Waals surface area (Å²) in [5.41, 5.74) is 3.54. The van der Waals surface area contributed by atoms with Crippen LogP contribution in [0.2, 0.25) is 10.0 Å². The second kappa shape index (κ2) is 12.7. The fourth-order valence-electron chi connectivity index (χ4n) is 4.95. The lowest BCUT2D eigenvalue weighted by Crippen LogP contribution is -2.44. The molecule has 1 heterocycles. The van der Waals surface area contributed by atoms with Gasteiger partial charge in [-0.2, -0.15) is 0 Å². The number of carbonyl (C=O) groups excluding carboxylic acids is 1. The van der Waals surface area contributed by atoms with E-state index in [0.717, 1.165) is 48.9 Å². The topological polar surface area (TPSA) is 73.0 Å². The Kier molecular flexibility index (Phi) is 9.56. The van der Waals surface area contributed by atoms with Crippen LogP contribution >= 0.6 is 23.2 Å². The highest BCUT2D eigenvalue weighted by Crippen LogP contribution is 2.37. The van der Waals surface area contributed by atoms with E-state index in [1.165, 1.54) is 0 Å². The number of sulfonamides is 1. The van der Waals surface area contributed by atoms with Gasteiger partial charge < -0.3 is 14.7 Å². The molecular formula is C29H34Cl2N4O3S. The van der Waals surface area contributed by atoms with Crippen LogP contribution in [-0.2, 0) is 14.8 Å². The van der Waals surface area contributed by atoms with Gasteiger partial charge in [0, 0.05) is 17.8 Å². The highest BCUT2D eigenvalue weighted by molar-refractivity contribution is 7.92. The van der Waals surface area contributed by atoms with E-state index in [4.69, 9.17) is 23.2 Å². The van der Waals surface area contributed by atoms with Crippen LogP contribution in [0.25, 0.3) is 11.1 Å². The largest absolute Gasteiger partial charge is 0.302 e. The number of halogens is 2. The predicted octanol–water partition coefficient (Wildman–Crippen LogP) is 5.76. The molecule has 0 bridgehead atoms. The second-order valence-corrected chi connectivity index (χ2v) is 12.7. The molecule has 1 fully saturated rings. The molecule has 39 heavy (non-hydrogen) atoms. The number of hydrogen-bond acceptors (Lipinski definition) is 5. The number of nitrogens with one attached hydrogen (secondary N) is 1. The summed E-state index contributed by atoms with van der Waals surface area (Å²) in [5.74, 6) is -0.104. The summed E-state index contributed by atoms with van der Waals surface area (Å²) < 4.78 is 27.5. The van der Waals surface area contributed by atoms with E-state index in [1.54, 1.807) is 23.1 Å². The summed E-state index contributed by atoms with van der Waals surface area (Å²) in [6, 6.07) is 20.1. The highest BCUT2D eigenvalue weighted by atomic mass is 35.5. The van der Waals surface area contributed by atoms with Crippen molar-refractivity contribution in [3.8, 4) is 11.1 Å². The Hall–Kier alpha value is -2.62. The van der Waals surface area contributed by atoms with Crippen molar-refractivity contribution in [1.82, 2.24) is 9.80 Å². The summed E-state index contributed by atoms with van der Waals surface area (Å²) in [4.78, 5) is 19.8. The zero-order valence-electron chi connectivity index (χ0n) is 22.4. The third-order valence-electron chi connectivity index (χ3n) is 6.65. The first-order chi connectivity index (χ1) is 18.5. The van der Waals surface area contributed by atoms with Gasteiger partial charge in [0.05, 0.1) is 34.6 Å². The zero-order chi connectivity index (χ0) is 28.2. The molecule has 3 aromatic carbocycles. The van der Waals surface area contributed by atoms with Gasteiger partial charge in [0.25, 0.3) is 0 Å². The minimum absolute atomic E-state index is 0.104. The van der Waals surface area contributed by atoms with Gasteiger partial charge in [-0.3, -0.25) is 9.52 Å². The van der Waals surface area contributed by atoms with Crippen LogP contribution in [0.3, 0.4) is 0 Å². The van der Waals surface area contributed by atoms with E-state index in [-0.39, 0.29) is 12.5 Å². The van der Waals surface area contributed by atoms with Crippen molar-refractivity contribution in [3.63, 3.8) is 0 Å². The molecule has 1 unspecified atom stereocenters. The maximum atomic E-state index is 13.8. The van der Waals surface area contributed by atoms with Gasteiger partial charge in [-0.05, 0) is 75.4 Å². The number of hydrogen-bond donors (Lipinski definition) is 1. The fraction of sp³-hybridized carbons (Fsp3) is 0.345. The SMILES string of the molecule is CN(C)CC(=O)N(c1ccc(Cl)c(Cl)c1)C(CN1CCCC1)c1ccc(-c2ccccc2)c(NS(C)(=O)=O)c1.